The topological polar surface area (TPSA) is 34.4 Å². The maximum Gasteiger partial charge on any atom is 0.281 e. The zero-order valence-corrected chi connectivity index (χ0v) is 14.4. The first-order chi connectivity index (χ1) is 10.5. The Kier molecular flexibility index (Phi) is 4.28. The Bertz CT molecular complexity index is 959. The van der Waals surface area contributed by atoms with Crippen LogP contribution in [0.3, 0.4) is 0 Å². The van der Waals surface area contributed by atoms with Crippen LogP contribution in [0.2, 0.25) is 15.1 Å². The van der Waals surface area contributed by atoms with Crippen molar-refractivity contribution in [3.05, 3.63) is 61.8 Å². The van der Waals surface area contributed by atoms with E-state index in [2.05, 4.69) is 4.99 Å². The van der Waals surface area contributed by atoms with Crippen LogP contribution in [0.5, 0.6) is 0 Å². The predicted octanol–water partition coefficient (Wildman–Crippen LogP) is 4.94. The van der Waals surface area contributed by atoms with Gasteiger partial charge in [0.15, 0.2) is 4.80 Å². The molecule has 0 aliphatic rings. The highest BCUT2D eigenvalue weighted by Crippen LogP contribution is 2.29. The summed E-state index contributed by atoms with van der Waals surface area (Å²) in [4.78, 5) is 17.0. The number of halogens is 3. The fourth-order valence-corrected chi connectivity index (χ4v) is 4.13. The molecule has 1 heterocycles. The maximum atomic E-state index is 12.3. The number of carbonyl (C=O) groups is 1. The van der Waals surface area contributed by atoms with Gasteiger partial charge in [-0.2, -0.15) is 4.99 Å². The Morgan fingerprint density at radius 1 is 1.14 bits per heavy atom. The van der Waals surface area contributed by atoms with Gasteiger partial charge >= 0.3 is 0 Å². The van der Waals surface area contributed by atoms with E-state index in [0.29, 0.717) is 25.4 Å². The van der Waals surface area contributed by atoms with Crippen LogP contribution in [0.1, 0.15) is 10.4 Å². The summed E-state index contributed by atoms with van der Waals surface area (Å²) >= 11 is 19.6. The number of thiazole rings is 1. The average molecular weight is 372 g/mol. The quantitative estimate of drug-likeness (QED) is 0.596. The molecule has 3 rings (SSSR count). The number of benzene rings is 2. The van der Waals surface area contributed by atoms with Crippen LogP contribution in [0.25, 0.3) is 10.2 Å². The van der Waals surface area contributed by atoms with Gasteiger partial charge in [-0.25, -0.2) is 0 Å². The van der Waals surface area contributed by atoms with Gasteiger partial charge in [0.05, 0.1) is 25.8 Å². The largest absolute Gasteiger partial charge is 0.318 e. The Morgan fingerprint density at radius 3 is 2.59 bits per heavy atom. The molecule has 3 aromatic rings. The van der Waals surface area contributed by atoms with E-state index in [1.807, 2.05) is 0 Å². The van der Waals surface area contributed by atoms with Crippen molar-refractivity contribution in [3.63, 3.8) is 0 Å². The highest BCUT2D eigenvalue weighted by Gasteiger charge is 2.12. The van der Waals surface area contributed by atoms with Crippen molar-refractivity contribution in [2.45, 2.75) is 0 Å². The number of nitrogens with zero attached hydrogens (tertiary/aromatic N) is 2. The minimum absolute atomic E-state index is 0.366. The van der Waals surface area contributed by atoms with Crippen LogP contribution in [0.15, 0.2) is 41.4 Å². The van der Waals surface area contributed by atoms with Crippen molar-refractivity contribution in [2.24, 2.45) is 12.0 Å². The molecule has 2 aromatic carbocycles. The standard InChI is InChI=1S/C15H9Cl3N2OS/c1-20-13-11(18)6-8(16)7-12(13)22-15(20)19-14(21)9-4-2-3-5-10(9)17/h2-7H,1H3. The summed E-state index contributed by atoms with van der Waals surface area (Å²) in [5, 5.41) is 1.44. The van der Waals surface area contributed by atoms with Crippen LogP contribution in [-0.4, -0.2) is 10.5 Å². The van der Waals surface area contributed by atoms with Crippen molar-refractivity contribution in [3.8, 4) is 0 Å². The van der Waals surface area contributed by atoms with Gasteiger partial charge in [-0.05, 0) is 24.3 Å². The van der Waals surface area contributed by atoms with Crippen molar-refractivity contribution in [2.75, 3.05) is 0 Å². The molecule has 0 N–H and O–H groups in total. The summed E-state index contributed by atoms with van der Waals surface area (Å²) in [7, 11) is 1.80. The highest BCUT2D eigenvalue weighted by molar-refractivity contribution is 7.16. The van der Waals surface area contributed by atoms with E-state index in [1.165, 1.54) is 11.3 Å². The number of hydrogen-bond acceptors (Lipinski definition) is 2. The van der Waals surface area contributed by atoms with Crippen molar-refractivity contribution < 1.29 is 4.79 Å². The molecule has 0 spiro atoms. The van der Waals surface area contributed by atoms with E-state index in [0.717, 1.165) is 10.2 Å². The molecule has 0 saturated heterocycles. The molecule has 22 heavy (non-hydrogen) atoms. The molecule has 0 saturated carbocycles. The molecular weight excluding hydrogens is 363 g/mol. The number of aryl methyl sites for hydroxylation is 1. The van der Waals surface area contributed by atoms with E-state index < -0.39 is 5.91 Å². The van der Waals surface area contributed by atoms with Crippen LogP contribution < -0.4 is 4.80 Å². The zero-order valence-electron chi connectivity index (χ0n) is 11.3. The smallest absolute Gasteiger partial charge is 0.281 e. The molecule has 0 unspecified atom stereocenters. The monoisotopic (exact) mass is 370 g/mol. The fourth-order valence-electron chi connectivity index (χ4n) is 2.09. The highest BCUT2D eigenvalue weighted by atomic mass is 35.5. The first-order valence-electron chi connectivity index (χ1n) is 6.25. The van der Waals surface area contributed by atoms with Crippen LogP contribution >= 0.6 is 46.1 Å². The molecule has 1 aromatic heterocycles. The summed E-state index contributed by atoms with van der Waals surface area (Å²) in [6.45, 7) is 0. The minimum atomic E-state index is -0.394. The second-order valence-corrected chi connectivity index (χ2v) is 6.83. The Balaban J connectivity index is 2.18. The molecule has 0 radical (unpaired) electrons. The Hall–Kier alpha value is -1.33. The maximum absolute atomic E-state index is 12.3. The molecule has 0 aliphatic heterocycles. The lowest BCUT2D eigenvalue weighted by molar-refractivity contribution is 0.0998. The molecule has 1 amide bonds. The summed E-state index contributed by atoms with van der Waals surface area (Å²) in [5.41, 5.74) is 1.16. The molecule has 112 valence electrons. The normalized spacial score (nSPS) is 12.1. The predicted molar refractivity (Wildman–Crippen MR) is 92.2 cm³/mol. The van der Waals surface area contributed by atoms with Gasteiger partial charge in [-0.15, -0.1) is 0 Å². The van der Waals surface area contributed by atoms with Crippen molar-refractivity contribution >= 4 is 62.3 Å². The van der Waals surface area contributed by atoms with Gasteiger partial charge in [0.25, 0.3) is 5.91 Å². The second kappa shape index (κ2) is 6.05. The number of amides is 1. The zero-order chi connectivity index (χ0) is 15.9. The van der Waals surface area contributed by atoms with Gasteiger partial charge in [-0.1, -0.05) is 58.3 Å². The summed E-state index contributed by atoms with van der Waals surface area (Å²) in [6.07, 6.45) is 0. The summed E-state index contributed by atoms with van der Waals surface area (Å²) in [5.74, 6) is -0.394. The fraction of sp³-hybridized carbons (Fsp3) is 0.0667. The number of hydrogen-bond donors (Lipinski definition) is 0. The SMILES string of the molecule is Cn1c(=NC(=O)c2ccccc2Cl)sc2cc(Cl)cc(Cl)c21. The lowest BCUT2D eigenvalue weighted by atomic mass is 10.2. The lowest BCUT2D eigenvalue weighted by Crippen LogP contribution is -2.13. The van der Waals surface area contributed by atoms with E-state index in [4.69, 9.17) is 34.8 Å². The van der Waals surface area contributed by atoms with E-state index in [-0.39, 0.29) is 0 Å². The number of carbonyl (C=O) groups excluding carboxylic acids is 1. The first-order valence-corrected chi connectivity index (χ1v) is 8.20. The van der Waals surface area contributed by atoms with Gasteiger partial charge in [0, 0.05) is 12.1 Å². The minimum Gasteiger partial charge on any atom is -0.318 e. The van der Waals surface area contributed by atoms with Crippen molar-refractivity contribution in [1.29, 1.82) is 0 Å². The molecule has 3 nitrogen and oxygen atoms in total. The Morgan fingerprint density at radius 2 is 1.86 bits per heavy atom. The molecule has 0 atom stereocenters. The molecule has 7 heteroatoms. The van der Waals surface area contributed by atoms with E-state index in [9.17, 15) is 4.79 Å². The van der Waals surface area contributed by atoms with Crippen LogP contribution in [0.4, 0.5) is 0 Å². The second-order valence-electron chi connectivity index (χ2n) is 4.57. The average Bonchev–Trinajstić information content (AvgIpc) is 2.75. The van der Waals surface area contributed by atoms with Crippen LogP contribution in [-0.2, 0) is 7.05 Å². The third kappa shape index (κ3) is 2.79. The lowest BCUT2D eigenvalue weighted by Gasteiger charge is -2.00. The van der Waals surface area contributed by atoms with E-state index >= 15 is 0 Å². The first kappa shape index (κ1) is 15.6. The number of fused-ring (bicyclic) bond motifs is 1. The molecule has 0 fully saturated rings. The van der Waals surface area contributed by atoms with Gasteiger partial charge in [0.2, 0.25) is 0 Å². The summed E-state index contributed by atoms with van der Waals surface area (Å²) in [6, 6.07) is 10.3. The Labute approximate surface area is 145 Å². The molecule has 0 bridgehead atoms. The molecule has 0 aliphatic carbocycles. The molecular formula is C15H9Cl3N2OS. The third-order valence-corrected chi connectivity index (χ3v) is 5.03. The number of aromatic nitrogens is 1. The van der Waals surface area contributed by atoms with Crippen molar-refractivity contribution in [1.82, 2.24) is 4.57 Å². The number of rotatable bonds is 1. The van der Waals surface area contributed by atoms with Gasteiger partial charge < -0.3 is 4.57 Å². The third-order valence-electron chi connectivity index (χ3n) is 3.12. The van der Waals surface area contributed by atoms with E-state index in [1.54, 1.807) is 48.0 Å². The van der Waals surface area contributed by atoms with Gasteiger partial charge in [-0.3, -0.25) is 4.79 Å². The van der Waals surface area contributed by atoms with Gasteiger partial charge in [0.1, 0.15) is 0 Å². The van der Waals surface area contributed by atoms with Crippen LogP contribution in [0, 0.1) is 0 Å². The summed E-state index contributed by atoms with van der Waals surface area (Å²) < 4.78 is 2.64.